The minimum absolute atomic E-state index is 0.158. The monoisotopic (exact) mass is 302 g/mol. The number of halogens is 1. The number of carboxylic acid groups (broad SMARTS) is 1. The minimum atomic E-state index is -1.05. The first-order valence-corrected chi connectivity index (χ1v) is 6.40. The van der Waals surface area contributed by atoms with Crippen LogP contribution in [-0.2, 0) is 11.2 Å². The molecule has 2 atom stereocenters. The van der Waals surface area contributed by atoms with Gasteiger partial charge in [-0.1, -0.05) is 40.2 Å². The van der Waals surface area contributed by atoms with E-state index in [0.29, 0.717) is 22.9 Å². The normalized spacial score (nSPS) is 14.3. The number of aliphatic hydroxyl groups excluding tert-OH is 2. The summed E-state index contributed by atoms with van der Waals surface area (Å²) in [6.07, 6.45) is -1.70. The molecule has 0 aliphatic heterocycles. The SMILES string of the molecule is O=C(O)Cc1ccccc1C(O)C(O)CCBr. The Morgan fingerprint density at radius 3 is 2.53 bits per heavy atom. The minimum Gasteiger partial charge on any atom is -0.481 e. The molecule has 0 aliphatic carbocycles. The topological polar surface area (TPSA) is 77.8 Å². The van der Waals surface area contributed by atoms with E-state index in [4.69, 9.17) is 5.11 Å². The quantitative estimate of drug-likeness (QED) is 0.696. The van der Waals surface area contributed by atoms with Crippen molar-refractivity contribution < 1.29 is 20.1 Å². The lowest BCUT2D eigenvalue weighted by Gasteiger charge is -2.19. The lowest BCUT2D eigenvalue weighted by molar-refractivity contribution is -0.136. The number of carboxylic acids is 1. The third kappa shape index (κ3) is 4.11. The number of aliphatic carboxylic acids is 1. The van der Waals surface area contributed by atoms with Gasteiger partial charge >= 0.3 is 5.97 Å². The number of benzene rings is 1. The summed E-state index contributed by atoms with van der Waals surface area (Å²) in [7, 11) is 0. The lowest BCUT2D eigenvalue weighted by atomic mass is 9.96. The maximum absolute atomic E-state index is 10.7. The molecule has 17 heavy (non-hydrogen) atoms. The largest absolute Gasteiger partial charge is 0.481 e. The molecular formula is C12H15BrO4. The van der Waals surface area contributed by atoms with Gasteiger partial charge < -0.3 is 15.3 Å². The van der Waals surface area contributed by atoms with Crippen LogP contribution in [-0.4, -0.2) is 32.7 Å². The number of carbonyl (C=O) groups is 1. The summed E-state index contributed by atoms with van der Waals surface area (Å²) in [4.78, 5) is 10.7. The van der Waals surface area contributed by atoms with Crippen LogP contribution in [0.5, 0.6) is 0 Å². The molecule has 5 heteroatoms. The second-order valence-corrected chi connectivity index (χ2v) is 4.55. The van der Waals surface area contributed by atoms with Crippen molar-refractivity contribution in [3.8, 4) is 0 Å². The van der Waals surface area contributed by atoms with E-state index in [1.54, 1.807) is 24.3 Å². The van der Waals surface area contributed by atoms with E-state index >= 15 is 0 Å². The van der Waals surface area contributed by atoms with E-state index in [2.05, 4.69) is 15.9 Å². The second-order valence-electron chi connectivity index (χ2n) is 3.76. The number of alkyl halides is 1. The number of hydrogen-bond acceptors (Lipinski definition) is 3. The first-order chi connectivity index (χ1) is 8.06. The van der Waals surface area contributed by atoms with E-state index in [1.807, 2.05) is 0 Å². The Labute approximate surface area is 108 Å². The Bertz CT molecular complexity index is 381. The summed E-state index contributed by atoms with van der Waals surface area (Å²) in [5, 5.41) is 29.0. The van der Waals surface area contributed by atoms with Crippen molar-refractivity contribution in [2.45, 2.75) is 25.0 Å². The van der Waals surface area contributed by atoms with Crippen molar-refractivity contribution in [2.24, 2.45) is 0 Å². The number of rotatable bonds is 6. The highest BCUT2D eigenvalue weighted by Gasteiger charge is 2.20. The Morgan fingerprint density at radius 2 is 1.94 bits per heavy atom. The van der Waals surface area contributed by atoms with E-state index < -0.39 is 18.2 Å². The van der Waals surface area contributed by atoms with Crippen LogP contribution < -0.4 is 0 Å². The molecule has 0 fully saturated rings. The predicted octanol–water partition coefficient (Wildman–Crippen LogP) is 1.49. The summed E-state index contributed by atoms with van der Waals surface area (Å²) < 4.78 is 0. The van der Waals surface area contributed by atoms with Crippen molar-refractivity contribution in [3.05, 3.63) is 35.4 Å². The molecule has 0 saturated carbocycles. The van der Waals surface area contributed by atoms with E-state index in [1.165, 1.54) is 0 Å². The van der Waals surface area contributed by atoms with Gasteiger partial charge in [0.2, 0.25) is 0 Å². The maximum Gasteiger partial charge on any atom is 0.307 e. The Balaban J connectivity index is 2.91. The van der Waals surface area contributed by atoms with Crippen molar-refractivity contribution >= 4 is 21.9 Å². The molecule has 2 unspecified atom stereocenters. The van der Waals surface area contributed by atoms with Gasteiger partial charge in [-0.05, 0) is 17.5 Å². The molecule has 1 aromatic rings. The van der Waals surface area contributed by atoms with Crippen LogP contribution in [0.3, 0.4) is 0 Å². The summed E-state index contributed by atoms with van der Waals surface area (Å²) in [6.45, 7) is 0. The fraction of sp³-hybridized carbons (Fsp3) is 0.417. The van der Waals surface area contributed by atoms with Gasteiger partial charge in [0.25, 0.3) is 0 Å². The third-order valence-corrected chi connectivity index (χ3v) is 2.94. The fourth-order valence-electron chi connectivity index (χ4n) is 1.62. The molecule has 0 spiro atoms. The molecule has 1 rings (SSSR count). The van der Waals surface area contributed by atoms with Gasteiger partial charge in [0.1, 0.15) is 6.10 Å². The van der Waals surface area contributed by atoms with Crippen LogP contribution in [0.1, 0.15) is 23.7 Å². The standard InChI is InChI=1S/C12H15BrO4/c13-6-5-10(14)12(17)9-4-2-1-3-8(9)7-11(15)16/h1-4,10,12,14,17H,5-7H2,(H,15,16). The zero-order valence-corrected chi connectivity index (χ0v) is 10.8. The molecule has 0 heterocycles. The van der Waals surface area contributed by atoms with Crippen LogP contribution in [0.4, 0.5) is 0 Å². The molecule has 0 saturated heterocycles. The molecule has 0 aromatic heterocycles. The van der Waals surface area contributed by atoms with Gasteiger partial charge in [-0.2, -0.15) is 0 Å². The lowest BCUT2D eigenvalue weighted by Crippen LogP contribution is -2.20. The van der Waals surface area contributed by atoms with E-state index in [-0.39, 0.29) is 6.42 Å². The highest BCUT2D eigenvalue weighted by Crippen LogP contribution is 2.23. The third-order valence-electron chi connectivity index (χ3n) is 2.48. The first kappa shape index (κ1) is 14.2. The number of aliphatic hydroxyl groups is 2. The molecule has 0 aliphatic rings. The Morgan fingerprint density at radius 1 is 1.29 bits per heavy atom. The van der Waals surface area contributed by atoms with Crippen molar-refractivity contribution in [1.82, 2.24) is 0 Å². The average molecular weight is 303 g/mol. The molecule has 3 N–H and O–H groups in total. The van der Waals surface area contributed by atoms with Crippen LogP contribution in [0.2, 0.25) is 0 Å². The summed E-state index contributed by atoms with van der Waals surface area (Å²) in [5.74, 6) is -0.959. The van der Waals surface area contributed by atoms with Crippen LogP contribution in [0.25, 0.3) is 0 Å². The molecule has 0 amide bonds. The average Bonchev–Trinajstić information content (AvgIpc) is 2.28. The molecule has 1 aromatic carbocycles. The van der Waals surface area contributed by atoms with E-state index in [0.717, 1.165) is 0 Å². The van der Waals surface area contributed by atoms with Gasteiger partial charge in [0, 0.05) is 5.33 Å². The van der Waals surface area contributed by atoms with Gasteiger partial charge in [0.15, 0.2) is 0 Å². The van der Waals surface area contributed by atoms with E-state index in [9.17, 15) is 15.0 Å². The fourth-order valence-corrected chi connectivity index (χ4v) is 2.09. The van der Waals surface area contributed by atoms with Crippen molar-refractivity contribution in [2.75, 3.05) is 5.33 Å². The Hall–Kier alpha value is -0.910. The van der Waals surface area contributed by atoms with Gasteiger partial charge in [-0.15, -0.1) is 0 Å². The molecular weight excluding hydrogens is 288 g/mol. The molecule has 4 nitrogen and oxygen atoms in total. The number of hydrogen-bond donors (Lipinski definition) is 3. The van der Waals surface area contributed by atoms with Gasteiger partial charge in [0.05, 0.1) is 12.5 Å². The zero-order chi connectivity index (χ0) is 12.8. The maximum atomic E-state index is 10.7. The highest BCUT2D eigenvalue weighted by atomic mass is 79.9. The smallest absolute Gasteiger partial charge is 0.307 e. The summed E-state index contributed by atoms with van der Waals surface area (Å²) >= 11 is 3.18. The Kier molecular flexibility index (Phi) is 5.61. The van der Waals surface area contributed by atoms with Crippen LogP contribution >= 0.6 is 15.9 Å². The summed E-state index contributed by atoms with van der Waals surface area (Å²) in [6, 6.07) is 6.71. The highest BCUT2D eigenvalue weighted by molar-refractivity contribution is 9.09. The van der Waals surface area contributed by atoms with Crippen LogP contribution in [0, 0.1) is 0 Å². The molecule has 94 valence electrons. The van der Waals surface area contributed by atoms with Gasteiger partial charge in [-0.25, -0.2) is 0 Å². The zero-order valence-electron chi connectivity index (χ0n) is 9.21. The first-order valence-electron chi connectivity index (χ1n) is 5.28. The molecule has 0 radical (unpaired) electrons. The van der Waals surface area contributed by atoms with Crippen LogP contribution in [0.15, 0.2) is 24.3 Å². The van der Waals surface area contributed by atoms with Gasteiger partial charge in [-0.3, -0.25) is 4.79 Å². The second kappa shape index (κ2) is 6.74. The van der Waals surface area contributed by atoms with Crippen molar-refractivity contribution in [1.29, 1.82) is 0 Å². The van der Waals surface area contributed by atoms with Crippen molar-refractivity contribution in [3.63, 3.8) is 0 Å². The predicted molar refractivity (Wildman–Crippen MR) is 67.2 cm³/mol. The molecule has 0 bridgehead atoms. The summed E-state index contributed by atoms with van der Waals surface area (Å²) in [5.41, 5.74) is 1.00.